The zero-order valence-electron chi connectivity index (χ0n) is 20.8. The molecule has 0 aliphatic heterocycles. The van der Waals surface area contributed by atoms with Crippen LogP contribution in [0.1, 0.15) is 76.3 Å². The molecule has 0 saturated heterocycles. The van der Waals surface area contributed by atoms with Gasteiger partial charge in [-0.25, -0.2) is 15.0 Å². The van der Waals surface area contributed by atoms with E-state index in [1.165, 1.54) is 23.4 Å². The average molecular weight is 499 g/mol. The average Bonchev–Trinajstić information content (AvgIpc) is 3.59. The lowest BCUT2D eigenvalue weighted by atomic mass is 10.2. The summed E-state index contributed by atoms with van der Waals surface area (Å²) in [4.78, 5) is 14.3. The van der Waals surface area contributed by atoms with E-state index in [1.54, 1.807) is 11.8 Å². The summed E-state index contributed by atoms with van der Waals surface area (Å²) < 4.78 is 5.53. The molecular weight excluding hydrogens is 456 g/mol. The number of aromatic nitrogens is 3. The first kappa shape index (κ1) is 29.4. The molecule has 1 atom stereocenters. The molecular formula is C23H42N6O2S2. The number of nitrogen functional groups attached to an aromatic ring is 2. The normalized spacial score (nSPS) is 13.4. The summed E-state index contributed by atoms with van der Waals surface area (Å²) in [6.45, 7) is 11.3. The number of rotatable bonds is 12. The maximum atomic E-state index is 8.79. The zero-order valence-corrected chi connectivity index (χ0v) is 22.4. The van der Waals surface area contributed by atoms with Crippen molar-refractivity contribution in [1.82, 2.24) is 15.0 Å². The molecule has 0 radical (unpaired) electrons. The number of aliphatic hydroxyl groups excluding tert-OH is 1. The number of thioether (sulfide) groups is 1. The van der Waals surface area contributed by atoms with Gasteiger partial charge in [0.2, 0.25) is 0 Å². The van der Waals surface area contributed by atoms with Crippen LogP contribution >= 0.6 is 23.1 Å². The molecule has 10 heteroatoms. The third-order valence-electron chi connectivity index (χ3n) is 4.78. The lowest BCUT2D eigenvalue weighted by Gasteiger charge is -2.17. The van der Waals surface area contributed by atoms with Crippen molar-refractivity contribution in [2.45, 2.75) is 83.9 Å². The van der Waals surface area contributed by atoms with Crippen molar-refractivity contribution >= 4 is 40.4 Å². The highest BCUT2D eigenvalue weighted by molar-refractivity contribution is 7.99. The zero-order chi connectivity index (χ0) is 24.6. The first-order valence-corrected chi connectivity index (χ1v) is 13.8. The Hall–Kier alpha value is -1.62. The van der Waals surface area contributed by atoms with Gasteiger partial charge in [0, 0.05) is 17.2 Å². The number of aryl methyl sites for hydroxylation is 1. The highest BCUT2D eigenvalue weighted by Gasteiger charge is 2.26. The number of nitrogens with zero attached hydrogens (tertiary/aromatic N) is 3. The third kappa shape index (κ3) is 10.9. The molecule has 3 rings (SSSR count). The Morgan fingerprint density at radius 2 is 2.00 bits per heavy atom. The van der Waals surface area contributed by atoms with E-state index < -0.39 is 0 Å². The van der Waals surface area contributed by atoms with E-state index in [1.807, 2.05) is 30.7 Å². The summed E-state index contributed by atoms with van der Waals surface area (Å²) in [6, 6.07) is 0. The lowest BCUT2D eigenvalue weighted by molar-refractivity contribution is 0.0241. The van der Waals surface area contributed by atoms with Crippen molar-refractivity contribution in [3.8, 4) is 0 Å². The van der Waals surface area contributed by atoms with E-state index in [0.717, 1.165) is 30.9 Å². The fourth-order valence-electron chi connectivity index (χ4n) is 2.88. The van der Waals surface area contributed by atoms with Gasteiger partial charge in [-0.15, -0.1) is 11.3 Å². The molecule has 0 amide bonds. The van der Waals surface area contributed by atoms with Gasteiger partial charge < -0.3 is 26.6 Å². The summed E-state index contributed by atoms with van der Waals surface area (Å²) >= 11 is 3.37. The highest BCUT2D eigenvalue weighted by atomic mass is 32.2. The van der Waals surface area contributed by atoms with Crippen LogP contribution in [0.2, 0.25) is 0 Å². The number of thiazole rings is 1. The van der Waals surface area contributed by atoms with E-state index >= 15 is 0 Å². The third-order valence-corrected chi connectivity index (χ3v) is 6.93. The van der Waals surface area contributed by atoms with Gasteiger partial charge >= 0.3 is 0 Å². The summed E-state index contributed by atoms with van der Waals surface area (Å²) in [7, 11) is 0. The minimum absolute atomic E-state index is 0.0390. The van der Waals surface area contributed by atoms with Crippen LogP contribution in [0, 0.1) is 6.92 Å². The smallest absolute Gasteiger partial charge is 0.191 e. The van der Waals surface area contributed by atoms with Crippen molar-refractivity contribution in [2.24, 2.45) is 0 Å². The highest BCUT2D eigenvalue weighted by Crippen LogP contribution is 2.43. The summed E-state index contributed by atoms with van der Waals surface area (Å²) in [5, 5.41) is 12.6. The number of nitrogens with two attached hydrogens (primary N) is 2. The van der Waals surface area contributed by atoms with Gasteiger partial charge in [-0.1, -0.05) is 39.5 Å². The number of hydrogen-bond donors (Lipinski definition) is 4. The van der Waals surface area contributed by atoms with Crippen molar-refractivity contribution in [1.29, 1.82) is 0 Å². The Morgan fingerprint density at radius 3 is 2.55 bits per heavy atom. The van der Waals surface area contributed by atoms with Crippen LogP contribution in [0.5, 0.6) is 0 Å². The largest absolute Gasteiger partial charge is 0.394 e. The van der Waals surface area contributed by atoms with E-state index in [9.17, 15) is 0 Å². The molecule has 188 valence electrons. The van der Waals surface area contributed by atoms with Crippen LogP contribution in [0.3, 0.4) is 0 Å². The van der Waals surface area contributed by atoms with Gasteiger partial charge in [0.05, 0.1) is 30.5 Å². The van der Waals surface area contributed by atoms with Crippen LogP contribution in [-0.2, 0) is 4.74 Å². The molecule has 2 aromatic rings. The molecule has 1 saturated carbocycles. The van der Waals surface area contributed by atoms with Crippen LogP contribution in [0.4, 0.5) is 17.3 Å². The van der Waals surface area contributed by atoms with E-state index in [2.05, 4.69) is 41.0 Å². The second-order valence-corrected chi connectivity index (χ2v) is 9.37. The standard InChI is InChI=1S/C14H27N5O2S.C7H9NS.C2H6/c1-3-9-22-14-18-12(16)11(15)13(19-14)17-6-5-10(4-2)21-8-7-20;1-5-7(6-2-3-6)9-4-8-5;1-2/h10,20H,3-9,15H2,1-2H3,(H3,16,17,18,19);4,6H,2-3H2,1H3;1-2H3. The first-order valence-electron chi connectivity index (χ1n) is 11.9. The van der Waals surface area contributed by atoms with Gasteiger partial charge in [-0.2, -0.15) is 0 Å². The Kier molecular flexibility index (Phi) is 15.1. The van der Waals surface area contributed by atoms with Gasteiger partial charge in [0.1, 0.15) is 5.69 Å². The number of aliphatic hydroxyl groups is 1. The second kappa shape index (κ2) is 16.9. The van der Waals surface area contributed by atoms with Gasteiger partial charge in [0.15, 0.2) is 16.8 Å². The molecule has 1 aliphatic rings. The first-order chi connectivity index (χ1) is 16.0. The maximum absolute atomic E-state index is 8.79. The van der Waals surface area contributed by atoms with Crippen LogP contribution in [0.15, 0.2) is 10.7 Å². The Bertz CT molecular complexity index is 786. The summed E-state index contributed by atoms with van der Waals surface area (Å²) in [5.41, 5.74) is 15.3. The second-order valence-electron chi connectivity index (χ2n) is 7.42. The summed E-state index contributed by atoms with van der Waals surface area (Å²) in [5.74, 6) is 2.70. The SMILES string of the molecule is CC.CCCSc1nc(N)c(N)c(NCCC(CC)OCCO)n1.Cc1ncsc1C1CC1. The molecule has 1 aliphatic carbocycles. The molecule has 2 heterocycles. The molecule has 33 heavy (non-hydrogen) atoms. The Balaban J connectivity index is 0.000000404. The van der Waals surface area contributed by atoms with Crippen molar-refractivity contribution in [3.63, 3.8) is 0 Å². The van der Waals surface area contributed by atoms with E-state index in [4.69, 9.17) is 21.3 Å². The fourth-order valence-corrected chi connectivity index (χ4v) is 4.56. The Labute approximate surface area is 207 Å². The van der Waals surface area contributed by atoms with Crippen molar-refractivity contribution < 1.29 is 9.84 Å². The molecule has 0 spiro atoms. The monoisotopic (exact) mass is 498 g/mol. The van der Waals surface area contributed by atoms with Crippen molar-refractivity contribution in [2.75, 3.05) is 42.3 Å². The van der Waals surface area contributed by atoms with Crippen LogP contribution in [0.25, 0.3) is 0 Å². The van der Waals surface area contributed by atoms with Crippen LogP contribution < -0.4 is 16.8 Å². The number of ether oxygens (including phenoxy) is 1. The van der Waals surface area contributed by atoms with E-state index in [0.29, 0.717) is 35.6 Å². The number of nitrogens with one attached hydrogen (secondary N) is 1. The predicted molar refractivity (Wildman–Crippen MR) is 142 cm³/mol. The Morgan fingerprint density at radius 1 is 1.27 bits per heavy atom. The topological polar surface area (TPSA) is 132 Å². The fraction of sp³-hybridized carbons (Fsp3) is 0.696. The molecule has 0 aromatic carbocycles. The molecule has 6 N–H and O–H groups in total. The molecule has 1 fully saturated rings. The molecule has 1 unspecified atom stereocenters. The molecule has 0 bridgehead atoms. The lowest BCUT2D eigenvalue weighted by Crippen LogP contribution is -2.19. The quantitative estimate of drug-likeness (QED) is 0.233. The number of hydrogen-bond acceptors (Lipinski definition) is 10. The molecule has 2 aromatic heterocycles. The number of anilines is 3. The van der Waals surface area contributed by atoms with E-state index in [-0.39, 0.29) is 12.7 Å². The van der Waals surface area contributed by atoms with Gasteiger partial charge in [-0.3, -0.25) is 0 Å². The summed E-state index contributed by atoms with van der Waals surface area (Å²) in [6.07, 6.45) is 5.62. The van der Waals surface area contributed by atoms with Crippen LogP contribution in [-0.4, -0.2) is 51.7 Å². The van der Waals surface area contributed by atoms with Gasteiger partial charge in [0.25, 0.3) is 0 Å². The minimum atomic E-state index is 0.0390. The minimum Gasteiger partial charge on any atom is -0.394 e. The molecule has 8 nitrogen and oxygen atoms in total. The maximum Gasteiger partial charge on any atom is 0.191 e. The van der Waals surface area contributed by atoms with Crippen molar-refractivity contribution in [3.05, 3.63) is 16.1 Å². The van der Waals surface area contributed by atoms with Gasteiger partial charge in [-0.05, 0) is 44.9 Å². The predicted octanol–water partition coefficient (Wildman–Crippen LogP) is 5.09.